The summed E-state index contributed by atoms with van der Waals surface area (Å²) in [5.41, 5.74) is 0. The van der Waals surface area contributed by atoms with Crippen molar-refractivity contribution in [2.24, 2.45) is 0 Å². The van der Waals surface area contributed by atoms with Crippen LogP contribution in [0.25, 0.3) is 0 Å². The van der Waals surface area contributed by atoms with Crippen molar-refractivity contribution < 1.29 is 14.3 Å². The summed E-state index contributed by atoms with van der Waals surface area (Å²) in [6.45, 7) is 2.34. The van der Waals surface area contributed by atoms with E-state index in [0.717, 1.165) is 5.76 Å². The van der Waals surface area contributed by atoms with Crippen molar-refractivity contribution in [2.45, 2.75) is 31.5 Å². The molecule has 2 rings (SSSR count). The molecule has 1 saturated heterocycles. The van der Waals surface area contributed by atoms with Crippen LogP contribution in [0.5, 0.6) is 0 Å². The molecule has 5 heteroatoms. The van der Waals surface area contributed by atoms with Gasteiger partial charge < -0.3 is 20.2 Å². The maximum Gasteiger partial charge on any atom is 0.237 e. The molecule has 2 heterocycles. The number of carbonyl (C=O) groups excluding carboxylic acids is 1. The molecule has 88 valence electrons. The van der Waals surface area contributed by atoms with Crippen LogP contribution in [-0.2, 0) is 4.79 Å². The number of furan rings is 1. The summed E-state index contributed by atoms with van der Waals surface area (Å²) in [7, 11) is 0. The Morgan fingerprint density at radius 1 is 1.75 bits per heavy atom. The second-order valence-electron chi connectivity index (χ2n) is 4.10. The molecule has 1 aromatic heterocycles. The number of nitrogens with one attached hydrogen (secondary N) is 2. The summed E-state index contributed by atoms with van der Waals surface area (Å²) < 4.78 is 5.20. The number of aliphatic hydroxyl groups excluding tert-OH is 1. The van der Waals surface area contributed by atoms with Crippen molar-refractivity contribution in [3.05, 3.63) is 24.2 Å². The van der Waals surface area contributed by atoms with Crippen molar-refractivity contribution in [3.63, 3.8) is 0 Å². The fourth-order valence-corrected chi connectivity index (χ4v) is 1.84. The van der Waals surface area contributed by atoms with Crippen molar-refractivity contribution in [1.29, 1.82) is 0 Å². The Morgan fingerprint density at radius 2 is 2.56 bits per heavy atom. The molecule has 1 aliphatic heterocycles. The Labute approximate surface area is 93.8 Å². The number of β-amino-alcohol motifs (C(OH)–C–C–N with tert-alkyl or cyclic N) is 1. The van der Waals surface area contributed by atoms with Gasteiger partial charge in [0, 0.05) is 6.54 Å². The molecule has 1 fully saturated rings. The molecule has 1 amide bonds. The van der Waals surface area contributed by atoms with Gasteiger partial charge in [-0.1, -0.05) is 0 Å². The van der Waals surface area contributed by atoms with E-state index < -0.39 is 6.10 Å². The van der Waals surface area contributed by atoms with E-state index in [-0.39, 0.29) is 18.0 Å². The minimum absolute atomic E-state index is 0.0968. The normalized spacial score (nSPS) is 26.6. The summed E-state index contributed by atoms with van der Waals surface area (Å²) in [6, 6.07) is 3.16. The number of aliphatic hydroxyl groups is 1. The molecule has 0 saturated carbocycles. The van der Waals surface area contributed by atoms with Gasteiger partial charge in [-0.3, -0.25) is 4.79 Å². The summed E-state index contributed by atoms with van der Waals surface area (Å²) >= 11 is 0. The lowest BCUT2D eigenvalue weighted by molar-refractivity contribution is -0.123. The van der Waals surface area contributed by atoms with E-state index in [1.807, 2.05) is 13.0 Å². The first kappa shape index (κ1) is 11.2. The molecule has 5 nitrogen and oxygen atoms in total. The van der Waals surface area contributed by atoms with Crippen LogP contribution < -0.4 is 10.6 Å². The Hall–Kier alpha value is -1.33. The Bertz CT molecular complexity index is 350. The summed E-state index contributed by atoms with van der Waals surface area (Å²) in [6.07, 6.45) is 1.63. The van der Waals surface area contributed by atoms with E-state index >= 15 is 0 Å². The number of hydrogen-bond donors (Lipinski definition) is 3. The summed E-state index contributed by atoms with van der Waals surface area (Å²) in [5.74, 6) is 0.632. The second-order valence-corrected chi connectivity index (χ2v) is 4.10. The quantitative estimate of drug-likeness (QED) is 0.684. The Morgan fingerprint density at radius 3 is 3.12 bits per heavy atom. The highest BCUT2D eigenvalue weighted by Gasteiger charge is 2.28. The molecule has 3 atom stereocenters. The zero-order valence-electron chi connectivity index (χ0n) is 9.14. The van der Waals surface area contributed by atoms with Gasteiger partial charge in [0.05, 0.1) is 24.5 Å². The summed E-state index contributed by atoms with van der Waals surface area (Å²) in [5, 5.41) is 15.1. The Kier molecular flexibility index (Phi) is 3.26. The van der Waals surface area contributed by atoms with E-state index in [4.69, 9.17) is 4.42 Å². The van der Waals surface area contributed by atoms with E-state index in [1.165, 1.54) is 0 Å². The van der Waals surface area contributed by atoms with Crippen LogP contribution in [0.1, 0.15) is 25.1 Å². The van der Waals surface area contributed by atoms with Gasteiger partial charge in [0.2, 0.25) is 5.91 Å². The first-order chi connectivity index (χ1) is 7.66. The highest BCUT2D eigenvalue weighted by Crippen LogP contribution is 2.13. The van der Waals surface area contributed by atoms with Gasteiger partial charge in [0.1, 0.15) is 5.76 Å². The molecule has 0 aliphatic carbocycles. The second kappa shape index (κ2) is 4.67. The zero-order chi connectivity index (χ0) is 11.5. The third-order valence-corrected chi connectivity index (χ3v) is 2.75. The fourth-order valence-electron chi connectivity index (χ4n) is 1.84. The average Bonchev–Trinajstić information content (AvgIpc) is 2.87. The molecule has 0 spiro atoms. The van der Waals surface area contributed by atoms with E-state index in [0.29, 0.717) is 13.0 Å². The third-order valence-electron chi connectivity index (χ3n) is 2.75. The van der Waals surface area contributed by atoms with Crippen LogP contribution in [0.2, 0.25) is 0 Å². The molecule has 0 aromatic carbocycles. The molecular weight excluding hydrogens is 208 g/mol. The minimum Gasteiger partial charge on any atom is -0.467 e. The largest absolute Gasteiger partial charge is 0.467 e. The first-order valence-electron chi connectivity index (χ1n) is 5.42. The molecule has 2 unspecified atom stereocenters. The SMILES string of the molecule is C[C@@H](NC(=O)C1CC(O)CN1)c1ccco1. The van der Waals surface area contributed by atoms with E-state index in [2.05, 4.69) is 10.6 Å². The third kappa shape index (κ3) is 2.43. The summed E-state index contributed by atoms with van der Waals surface area (Å²) in [4.78, 5) is 11.8. The van der Waals surface area contributed by atoms with E-state index in [9.17, 15) is 9.90 Å². The highest BCUT2D eigenvalue weighted by molar-refractivity contribution is 5.82. The fraction of sp³-hybridized carbons (Fsp3) is 0.545. The maximum absolute atomic E-state index is 11.8. The zero-order valence-corrected chi connectivity index (χ0v) is 9.14. The van der Waals surface area contributed by atoms with Crippen LogP contribution in [-0.4, -0.2) is 29.7 Å². The monoisotopic (exact) mass is 224 g/mol. The number of rotatable bonds is 3. The van der Waals surface area contributed by atoms with E-state index in [1.54, 1.807) is 12.3 Å². The lowest BCUT2D eigenvalue weighted by atomic mass is 10.1. The van der Waals surface area contributed by atoms with Crippen LogP contribution in [0.15, 0.2) is 22.8 Å². The molecule has 0 radical (unpaired) electrons. The number of carbonyl (C=O) groups is 1. The lowest BCUT2D eigenvalue weighted by Gasteiger charge is -2.15. The number of amides is 1. The highest BCUT2D eigenvalue weighted by atomic mass is 16.3. The minimum atomic E-state index is -0.422. The maximum atomic E-state index is 11.8. The van der Waals surface area contributed by atoms with Gasteiger partial charge in [-0.2, -0.15) is 0 Å². The molecule has 3 N–H and O–H groups in total. The van der Waals surface area contributed by atoms with Gasteiger partial charge in [0.15, 0.2) is 0 Å². The van der Waals surface area contributed by atoms with Crippen molar-refractivity contribution >= 4 is 5.91 Å². The van der Waals surface area contributed by atoms with Gasteiger partial charge in [0.25, 0.3) is 0 Å². The topological polar surface area (TPSA) is 74.5 Å². The van der Waals surface area contributed by atoms with Gasteiger partial charge in [-0.05, 0) is 25.5 Å². The van der Waals surface area contributed by atoms with Gasteiger partial charge >= 0.3 is 0 Å². The van der Waals surface area contributed by atoms with Crippen LogP contribution in [0, 0.1) is 0 Å². The first-order valence-corrected chi connectivity index (χ1v) is 5.42. The standard InChI is InChI=1S/C11H16N2O3/c1-7(10-3-2-4-16-10)13-11(15)9-5-8(14)6-12-9/h2-4,7-9,12,14H,5-6H2,1H3,(H,13,15)/t7-,8?,9?/m1/s1. The van der Waals surface area contributed by atoms with Gasteiger partial charge in [-0.15, -0.1) is 0 Å². The van der Waals surface area contributed by atoms with Crippen LogP contribution in [0.4, 0.5) is 0 Å². The molecule has 1 aliphatic rings. The molecular formula is C11H16N2O3. The van der Waals surface area contributed by atoms with Crippen molar-refractivity contribution in [1.82, 2.24) is 10.6 Å². The Balaban J connectivity index is 1.88. The van der Waals surface area contributed by atoms with Crippen molar-refractivity contribution in [2.75, 3.05) is 6.54 Å². The van der Waals surface area contributed by atoms with Gasteiger partial charge in [-0.25, -0.2) is 0 Å². The number of hydrogen-bond acceptors (Lipinski definition) is 4. The predicted octanol–water partition coefficient (Wildman–Crippen LogP) is 0.180. The molecule has 0 bridgehead atoms. The molecule has 16 heavy (non-hydrogen) atoms. The lowest BCUT2D eigenvalue weighted by Crippen LogP contribution is -2.41. The molecule has 1 aromatic rings. The van der Waals surface area contributed by atoms with Crippen LogP contribution >= 0.6 is 0 Å². The van der Waals surface area contributed by atoms with Crippen molar-refractivity contribution in [3.8, 4) is 0 Å². The predicted molar refractivity (Wildman–Crippen MR) is 57.7 cm³/mol. The van der Waals surface area contributed by atoms with Crippen LogP contribution in [0.3, 0.4) is 0 Å². The smallest absolute Gasteiger partial charge is 0.237 e. The average molecular weight is 224 g/mol.